The van der Waals surface area contributed by atoms with Gasteiger partial charge in [0.05, 0.1) is 11.9 Å². The number of aromatic amines is 1. The van der Waals surface area contributed by atoms with Gasteiger partial charge in [-0.2, -0.15) is 0 Å². The molecule has 0 radical (unpaired) electrons. The van der Waals surface area contributed by atoms with Crippen molar-refractivity contribution in [3.63, 3.8) is 0 Å². The van der Waals surface area contributed by atoms with Crippen LogP contribution in [0.4, 0.5) is 11.4 Å². The van der Waals surface area contributed by atoms with Gasteiger partial charge < -0.3 is 21.6 Å². The zero-order valence-corrected chi connectivity index (χ0v) is 8.27. The van der Waals surface area contributed by atoms with E-state index in [0.717, 1.165) is 0 Å². The maximum atomic E-state index is 11.3. The van der Waals surface area contributed by atoms with Crippen molar-refractivity contribution in [1.29, 1.82) is 0 Å². The van der Waals surface area contributed by atoms with Crippen molar-refractivity contribution in [2.24, 2.45) is 0 Å². The Balaban J connectivity index is 2.55. The van der Waals surface area contributed by atoms with Crippen LogP contribution in [0.3, 0.4) is 0 Å². The summed E-state index contributed by atoms with van der Waals surface area (Å²) in [5, 5.41) is 9.25. The molecule has 0 spiro atoms. The first-order chi connectivity index (χ1) is 7.58. The van der Waals surface area contributed by atoms with Crippen LogP contribution in [0.5, 0.6) is 5.75 Å². The molecule has 1 aromatic carbocycles. The number of rotatable bonds is 1. The predicted octanol–water partition coefficient (Wildman–Crippen LogP) is 0.307. The Morgan fingerprint density at radius 1 is 1.25 bits per heavy atom. The monoisotopic (exact) mass is 218 g/mol. The van der Waals surface area contributed by atoms with Gasteiger partial charge in [0.1, 0.15) is 17.3 Å². The van der Waals surface area contributed by atoms with E-state index in [4.69, 9.17) is 11.5 Å². The normalized spacial score (nSPS) is 10.2. The van der Waals surface area contributed by atoms with Crippen LogP contribution in [0.1, 0.15) is 0 Å². The van der Waals surface area contributed by atoms with E-state index in [1.165, 1.54) is 18.3 Å². The molecule has 2 aromatic rings. The fourth-order valence-corrected chi connectivity index (χ4v) is 1.25. The Kier molecular flexibility index (Phi) is 2.24. The Bertz CT molecular complexity index is 592. The SMILES string of the molecule is Nc1cc(-c2ncc(N)c(=O)[nH]2)ccc1O. The molecule has 0 aliphatic rings. The number of aromatic hydroxyl groups is 1. The van der Waals surface area contributed by atoms with Crippen molar-refractivity contribution in [3.05, 3.63) is 34.7 Å². The van der Waals surface area contributed by atoms with Crippen LogP contribution in [0.15, 0.2) is 29.2 Å². The highest BCUT2D eigenvalue weighted by Crippen LogP contribution is 2.24. The molecule has 1 heterocycles. The van der Waals surface area contributed by atoms with Gasteiger partial charge in [0, 0.05) is 5.56 Å². The molecule has 16 heavy (non-hydrogen) atoms. The van der Waals surface area contributed by atoms with Gasteiger partial charge in [-0.15, -0.1) is 0 Å². The van der Waals surface area contributed by atoms with Gasteiger partial charge in [-0.3, -0.25) is 4.79 Å². The molecule has 6 N–H and O–H groups in total. The van der Waals surface area contributed by atoms with Crippen molar-refractivity contribution in [2.75, 3.05) is 11.5 Å². The number of phenols is 1. The molecule has 82 valence electrons. The van der Waals surface area contributed by atoms with Gasteiger partial charge in [-0.05, 0) is 18.2 Å². The van der Waals surface area contributed by atoms with E-state index in [1.54, 1.807) is 6.07 Å². The molecule has 0 saturated heterocycles. The summed E-state index contributed by atoms with van der Waals surface area (Å²) in [5.41, 5.74) is 11.4. The van der Waals surface area contributed by atoms with E-state index in [0.29, 0.717) is 11.4 Å². The van der Waals surface area contributed by atoms with Gasteiger partial charge in [-0.25, -0.2) is 4.98 Å². The zero-order chi connectivity index (χ0) is 11.7. The van der Waals surface area contributed by atoms with E-state index in [2.05, 4.69) is 9.97 Å². The molecule has 0 aliphatic carbocycles. The lowest BCUT2D eigenvalue weighted by molar-refractivity contribution is 0.478. The van der Waals surface area contributed by atoms with Crippen LogP contribution in [-0.2, 0) is 0 Å². The molecule has 0 atom stereocenters. The third kappa shape index (κ3) is 1.68. The molecular formula is C10H10N4O2. The lowest BCUT2D eigenvalue weighted by atomic mass is 10.2. The van der Waals surface area contributed by atoms with Crippen LogP contribution >= 0.6 is 0 Å². The first kappa shape index (κ1) is 10.0. The van der Waals surface area contributed by atoms with Gasteiger partial charge in [0.25, 0.3) is 5.56 Å². The molecule has 0 bridgehead atoms. The number of nitrogens with zero attached hydrogens (tertiary/aromatic N) is 1. The summed E-state index contributed by atoms with van der Waals surface area (Å²) >= 11 is 0. The highest BCUT2D eigenvalue weighted by molar-refractivity contribution is 5.66. The molecule has 0 unspecified atom stereocenters. The Morgan fingerprint density at radius 3 is 2.62 bits per heavy atom. The second-order valence-electron chi connectivity index (χ2n) is 3.29. The summed E-state index contributed by atoms with van der Waals surface area (Å²) in [4.78, 5) is 17.7. The lowest BCUT2D eigenvalue weighted by Gasteiger charge is -2.03. The smallest absolute Gasteiger partial charge is 0.274 e. The second-order valence-corrected chi connectivity index (χ2v) is 3.29. The number of nitrogens with two attached hydrogens (primary N) is 2. The van der Waals surface area contributed by atoms with Crippen molar-refractivity contribution >= 4 is 11.4 Å². The molecule has 1 aromatic heterocycles. The van der Waals surface area contributed by atoms with E-state index >= 15 is 0 Å². The Hall–Kier alpha value is -2.50. The number of nitrogens with one attached hydrogen (secondary N) is 1. The Labute approximate surface area is 90.6 Å². The maximum absolute atomic E-state index is 11.3. The van der Waals surface area contributed by atoms with Crippen molar-refractivity contribution in [3.8, 4) is 17.1 Å². The van der Waals surface area contributed by atoms with Gasteiger partial charge in [-0.1, -0.05) is 0 Å². The fraction of sp³-hybridized carbons (Fsp3) is 0. The van der Waals surface area contributed by atoms with E-state index < -0.39 is 5.56 Å². The van der Waals surface area contributed by atoms with Crippen LogP contribution in [0.2, 0.25) is 0 Å². The predicted molar refractivity (Wildman–Crippen MR) is 60.8 cm³/mol. The number of H-pyrrole nitrogens is 1. The lowest BCUT2D eigenvalue weighted by Crippen LogP contribution is -2.13. The fourth-order valence-electron chi connectivity index (χ4n) is 1.25. The molecule has 0 aliphatic heterocycles. The number of nitrogen functional groups attached to an aromatic ring is 2. The summed E-state index contributed by atoms with van der Waals surface area (Å²) in [5.74, 6) is 0.340. The number of phenolic OH excluding ortho intramolecular Hbond substituents is 1. The van der Waals surface area contributed by atoms with Crippen LogP contribution in [0.25, 0.3) is 11.4 Å². The van der Waals surface area contributed by atoms with Crippen molar-refractivity contribution in [2.45, 2.75) is 0 Å². The maximum Gasteiger partial charge on any atom is 0.274 e. The van der Waals surface area contributed by atoms with Crippen molar-refractivity contribution in [1.82, 2.24) is 9.97 Å². The summed E-state index contributed by atoms with van der Waals surface area (Å²) in [6.45, 7) is 0. The summed E-state index contributed by atoms with van der Waals surface area (Å²) in [6, 6.07) is 4.55. The van der Waals surface area contributed by atoms with Gasteiger partial charge in [0.15, 0.2) is 0 Å². The largest absolute Gasteiger partial charge is 0.506 e. The van der Waals surface area contributed by atoms with Crippen LogP contribution < -0.4 is 17.0 Å². The first-order valence-corrected chi connectivity index (χ1v) is 4.51. The first-order valence-electron chi connectivity index (χ1n) is 4.51. The van der Waals surface area contributed by atoms with E-state index in [-0.39, 0.29) is 17.1 Å². The summed E-state index contributed by atoms with van der Waals surface area (Å²) < 4.78 is 0. The number of anilines is 2. The molecule has 0 fully saturated rings. The molecule has 0 saturated carbocycles. The molecule has 0 amide bonds. The quantitative estimate of drug-likeness (QED) is 0.405. The minimum atomic E-state index is -0.406. The van der Waals surface area contributed by atoms with Crippen molar-refractivity contribution < 1.29 is 5.11 Å². The second kappa shape index (κ2) is 3.58. The van der Waals surface area contributed by atoms with Crippen LogP contribution in [-0.4, -0.2) is 15.1 Å². The topological polar surface area (TPSA) is 118 Å². The highest BCUT2D eigenvalue weighted by atomic mass is 16.3. The minimum Gasteiger partial charge on any atom is -0.506 e. The Morgan fingerprint density at radius 2 is 2.00 bits per heavy atom. The van der Waals surface area contributed by atoms with Gasteiger partial charge >= 0.3 is 0 Å². The third-order valence-corrected chi connectivity index (χ3v) is 2.13. The average Bonchev–Trinajstić information content (AvgIpc) is 2.26. The zero-order valence-electron chi connectivity index (χ0n) is 8.27. The molecule has 6 nitrogen and oxygen atoms in total. The number of hydrogen-bond acceptors (Lipinski definition) is 5. The van der Waals surface area contributed by atoms with Gasteiger partial charge in [0.2, 0.25) is 0 Å². The summed E-state index contributed by atoms with van der Waals surface area (Å²) in [6.07, 6.45) is 1.28. The molecule has 2 rings (SSSR count). The minimum absolute atomic E-state index is 0.0125. The van der Waals surface area contributed by atoms with E-state index in [9.17, 15) is 9.90 Å². The third-order valence-electron chi connectivity index (χ3n) is 2.13. The number of benzene rings is 1. The summed E-state index contributed by atoms with van der Waals surface area (Å²) in [7, 11) is 0. The standard InChI is InChI=1S/C10H10N4O2/c11-6-3-5(1-2-8(6)15)9-13-4-7(12)10(16)14-9/h1-4,15H,11-12H2,(H,13,14,16). The number of aromatic nitrogens is 2. The molecular weight excluding hydrogens is 208 g/mol. The molecule has 6 heteroatoms. The average molecular weight is 218 g/mol. The number of hydrogen-bond donors (Lipinski definition) is 4. The highest BCUT2D eigenvalue weighted by Gasteiger charge is 2.04. The van der Waals surface area contributed by atoms with E-state index in [1.807, 2.05) is 0 Å². The van der Waals surface area contributed by atoms with Crippen LogP contribution in [0, 0.1) is 0 Å².